The Bertz CT molecular complexity index is 537. The van der Waals surface area contributed by atoms with Crippen LogP contribution in [0.4, 0.5) is 0 Å². The van der Waals surface area contributed by atoms with E-state index in [1.54, 1.807) is 6.07 Å². The summed E-state index contributed by atoms with van der Waals surface area (Å²) in [5.41, 5.74) is -0.0154. The lowest BCUT2D eigenvalue weighted by atomic mass is 9.78. The van der Waals surface area contributed by atoms with Crippen LogP contribution in [0.15, 0.2) is 18.2 Å². The minimum absolute atomic E-state index is 0.179. The third-order valence-electron chi connectivity index (χ3n) is 4.07. The zero-order valence-electron chi connectivity index (χ0n) is 13.1. The van der Waals surface area contributed by atoms with Gasteiger partial charge in [-0.25, -0.2) is 4.79 Å². The van der Waals surface area contributed by atoms with Gasteiger partial charge in [-0.15, -0.1) is 0 Å². The lowest BCUT2D eigenvalue weighted by molar-refractivity contribution is 0.00578. The van der Waals surface area contributed by atoms with Crippen molar-refractivity contribution in [3.05, 3.63) is 23.8 Å². The Morgan fingerprint density at radius 1 is 1.24 bits per heavy atom. The second-order valence-corrected chi connectivity index (χ2v) is 6.08. The Kier molecular flexibility index (Phi) is 4.04. The van der Waals surface area contributed by atoms with Gasteiger partial charge in [0.25, 0.3) is 0 Å². The van der Waals surface area contributed by atoms with Gasteiger partial charge in [-0.2, -0.15) is 0 Å². The zero-order valence-corrected chi connectivity index (χ0v) is 13.1. The van der Waals surface area contributed by atoms with Gasteiger partial charge in [0.05, 0.1) is 23.4 Å². The van der Waals surface area contributed by atoms with Gasteiger partial charge in [0.1, 0.15) is 5.75 Å². The van der Waals surface area contributed by atoms with Crippen molar-refractivity contribution in [3.8, 4) is 5.75 Å². The Hall–Kier alpha value is -1.53. The topological polar surface area (TPSA) is 65.0 Å². The minimum Gasteiger partial charge on any atom is -0.494 e. The molecule has 2 rings (SSSR count). The minimum atomic E-state index is -0.989. The van der Waals surface area contributed by atoms with Gasteiger partial charge >= 0.3 is 13.1 Å². The van der Waals surface area contributed by atoms with Crippen molar-refractivity contribution in [2.75, 3.05) is 6.61 Å². The monoisotopic (exact) mass is 292 g/mol. The van der Waals surface area contributed by atoms with Crippen LogP contribution in [0.25, 0.3) is 0 Å². The molecule has 0 saturated carbocycles. The molecule has 0 unspecified atom stereocenters. The Labute approximate surface area is 125 Å². The molecule has 1 aromatic rings. The molecule has 1 saturated heterocycles. The first-order chi connectivity index (χ1) is 9.68. The first-order valence-electron chi connectivity index (χ1n) is 7.03. The summed E-state index contributed by atoms with van der Waals surface area (Å²) in [6, 6.07) is 4.73. The third kappa shape index (κ3) is 2.92. The SMILES string of the molecule is CCOc1cc(C(=O)O)ccc1B1OC(C)(C)C(C)(C)O1. The first kappa shape index (κ1) is 15.9. The molecule has 1 fully saturated rings. The predicted molar refractivity (Wildman–Crippen MR) is 80.3 cm³/mol. The molecule has 0 spiro atoms. The van der Waals surface area contributed by atoms with Crippen molar-refractivity contribution in [1.82, 2.24) is 0 Å². The van der Waals surface area contributed by atoms with E-state index in [0.29, 0.717) is 17.8 Å². The summed E-state index contributed by atoms with van der Waals surface area (Å²) in [4.78, 5) is 11.1. The fourth-order valence-electron chi connectivity index (χ4n) is 2.11. The van der Waals surface area contributed by atoms with Crippen LogP contribution >= 0.6 is 0 Å². The molecule has 1 aliphatic heterocycles. The summed E-state index contributed by atoms with van der Waals surface area (Å²) in [6.45, 7) is 10.2. The maximum atomic E-state index is 11.1. The summed E-state index contributed by atoms with van der Waals surface area (Å²) in [5, 5.41) is 9.08. The van der Waals surface area contributed by atoms with E-state index < -0.39 is 24.3 Å². The highest BCUT2D eigenvalue weighted by Crippen LogP contribution is 2.37. The van der Waals surface area contributed by atoms with E-state index >= 15 is 0 Å². The maximum absolute atomic E-state index is 11.1. The van der Waals surface area contributed by atoms with Crippen LogP contribution in [0.5, 0.6) is 5.75 Å². The molecule has 1 aliphatic rings. The van der Waals surface area contributed by atoms with E-state index in [-0.39, 0.29) is 5.56 Å². The van der Waals surface area contributed by atoms with Crippen LogP contribution in [0.3, 0.4) is 0 Å². The molecule has 1 N–H and O–H groups in total. The highest BCUT2D eigenvalue weighted by Gasteiger charge is 2.52. The van der Waals surface area contributed by atoms with E-state index in [9.17, 15) is 4.79 Å². The van der Waals surface area contributed by atoms with Crippen LogP contribution < -0.4 is 10.2 Å². The van der Waals surface area contributed by atoms with Crippen LogP contribution in [-0.2, 0) is 9.31 Å². The molecule has 5 nitrogen and oxygen atoms in total. The number of ether oxygens (including phenoxy) is 1. The van der Waals surface area contributed by atoms with Crippen molar-refractivity contribution in [2.24, 2.45) is 0 Å². The van der Waals surface area contributed by atoms with E-state index in [1.807, 2.05) is 34.6 Å². The summed E-state index contributed by atoms with van der Waals surface area (Å²) >= 11 is 0. The molecule has 6 heteroatoms. The summed E-state index contributed by atoms with van der Waals surface area (Å²) in [6.07, 6.45) is 0. The van der Waals surface area contributed by atoms with Crippen molar-refractivity contribution in [3.63, 3.8) is 0 Å². The number of rotatable bonds is 4. The Morgan fingerprint density at radius 2 is 1.81 bits per heavy atom. The van der Waals surface area contributed by atoms with Crippen molar-refractivity contribution >= 4 is 18.6 Å². The Balaban J connectivity index is 2.38. The predicted octanol–water partition coefficient (Wildman–Crippen LogP) is 2.08. The highest BCUT2D eigenvalue weighted by atomic mass is 16.7. The van der Waals surface area contributed by atoms with Crippen molar-refractivity contribution in [1.29, 1.82) is 0 Å². The zero-order chi connectivity index (χ0) is 15.8. The second-order valence-electron chi connectivity index (χ2n) is 6.08. The van der Waals surface area contributed by atoms with Gasteiger partial charge in [0.2, 0.25) is 0 Å². The first-order valence-corrected chi connectivity index (χ1v) is 7.03. The van der Waals surface area contributed by atoms with E-state index in [0.717, 1.165) is 0 Å². The Morgan fingerprint density at radius 3 is 2.29 bits per heavy atom. The molecule has 1 aromatic carbocycles. The number of carbonyl (C=O) groups is 1. The van der Waals surface area contributed by atoms with E-state index in [2.05, 4.69) is 0 Å². The largest absolute Gasteiger partial charge is 0.498 e. The number of hydrogen-bond donors (Lipinski definition) is 1. The number of carboxylic acids is 1. The summed E-state index contributed by atoms with van der Waals surface area (Å²) < 4.78 is 17.5. The van der Waals surface area contributed by atoms with Gasteiger partial charge in [0.15, 0.2) is 0 Å². The molecule has 0 radical (unpaired) electrons. The van der Waals surface area contributed by atoms with Crippen LogP contribution in [-0.4, -0.2) is 36.0 Å². The maximum Gasteiger partial charge on any atom is 0.498 e. The molecule has 1 heterocycles. The average molecular weight is 292 g/mol. The van der Waals surface area contributed by atoms with Crippen LogP contribution in [0.2, 0.25) is 0 Å². The molecule has 21 heavy (non-hydrogen) atoms. The standard InChI is InChI=1S/C15H21BO5/c1-6-19-12-9-10(13(17)18)7-8-11(12)16-20-14(2,3)15(4,5)21-16/h7-9H,6H2,1-5H3,(H,17,18). The van der Waals surface area contributed by atoms with Crippen LogP contribution in [0.1, 0.15) is 45.0 Å². The third-order valence-corrected chi connectivity index (χ3v) is 4.07. The van der Waals surface area contributed by atoms with Crippen molar-refractivity contribution < 1.29 is 23.9 Å². The fourth-order valence-corrected chi connectivity index (χ4v) is 2.11. The van der Waals surface area contributed by atoms with Gasteiger partial charge in [-0.3, -0.25) is 0 Å². The molecule has 0 amide bonds. The molecule has 0 bridgehead atoms. The van der Waals surface area contributed by atoms with Crippen LogP contribution in [0, 0.1) is 0 Å². The normalized spacial score (nSPS) is 19.6. The quantitative estimate of drug-likeness (QED) is 0.861. The number of carboxylic acid groups (broad SMARTS) is 1. The van der Waals surface area contributed by atoms with Gasteiger partial charge in [-0.05, 0) is 46.8 Å². The van der Waals surface area contributed by atoms with E-state index in [1.165, 1.54) is 12.1 Å². The van der Waals surface area contributed by atoms with Gasteiger partial charge < -0.3 is 19.2 Å². The molecular weight excluding hydrogens is 271 g/mol. The highest BCUT2D eigenvalue weighted by molar-refractivity contribution is 6.63. The lowest BCUT2D eigenvalue weighted by Gasteiger charge is -2.32. The average Bonchev–Trinajstić information content (AvgIpc) is 2.58. The smallest absolute Gasteiger partial charge is 0.494 e. The molecule has 0 aromatic heterocycles. The molecular formula is C15H21BO5. The van der Waals surface area contributed by atoms with E-state index in [4.69, 9.17) is 19.2 Å². The fraction of sp³-hybridized carbons (Fsp3) is 0.533. The van der Waals surface area contributed by atoms with Gasteiger partial charge in [0, 0.05) is 5.46 Å². The molecule has 114 valence electrons. The molecule has 0 aliphatic carbocycles. The lowest BCUT2D eigenvalue weighted by Crippen LogP contribution is -2.41. The molecule has 0 atom stereocenters. The summed E-state index contributed by atoms with van der Waals surface area (Å²) in [5.74, 6) is -0.507. The number of benzene rings is 1. The number of aromatic carboxylic acids is 1. The van der Waals surface area contributed by atoms with Gasteiger partial charge in [-0.1, -0.05) is 6.07 Å². The second kappa shape index (κ2) is 5.35. The van der Waals surface area contributed by atoms with Crippen molar-refractivity contribution in [2.45, 2.75) is 45.8 Å². The number of hydrogen-bond acceptors (Lipinski definition) is 4. The summed E-state index contributed by atoms with van der Waals surface area (Å²) in [7, 11) is -0.570.